The number of hydrogen-bond acceptors (Lipinski definition) is 1. The molecular weight excluding hydrogens is 204 g/mol. The van der Waals surface area contributed by atoms with Gasteiger partial charge in [-0.05, 0) is 10.8 Å². The SMILES string of the molecule is CC(C)(C)COCC(C)(C)C.F.F.F.[B]. The first-order valence-electron chi connectivity index (χ1n) is 4.28. The normalized spacial score (nSPS) is 10.0. The average Bonchev–Trinajstić information content (AvgIpc) is 1.55. The summed E-state index contributed by atoms with van der Waals surface area (Å²) in [6.45, 7) is 14.8. The number of halogens is 3. The van der Waals surface area contributed by atoms with Crippen LogP contribution >= 0.6 is 0 Å². The van der Waals surface area contributed by atoms with Crippen LogP contribution in [-0.4, -0.2) is 21.6 Å². The summed E-state index contributed by atoms with van der Waals surface area (Å²) in [5, 5.41) is 0. The van der Waals surface area contributed by atoms with Gasteiger partial charge in [0.25, 0.3) is 0 Å². The van der Waals surface area contributed by atoms with Gasteiger partial charge in [-0.25, -0.2) is 0 Å². The number of hydrogen-bond donors (Lipinski definition) is 0. The van der Waals surface area contributed by atoms with Crippen molar-refractivity contribution in [2.24, 2.45) is 10.8 Å². The van der Waals surface area contributed by atoms with Crippen molar-refractivity contribution in [2.45, 2.75) is 41.5 Å². The van der Waals surface area contributed by atoms with Gasteiger partial charge in [-0.3, -0.25) is 14.1 Å². The molecule has 0 amide bonds. The van der Waals surface area contributed by atoms with E-state index < -0.39 is 0 Å². The van der Waals surface area contributed by atoms with Crippen LogP contribution in [0.5, 0.6) is 0 Å². The van der Waals surface area contributed by atoms with Gasteiger partial charge in [-0.1, -0.05) is 41.5 Å². The highest BCUT2D eigenvalue weighted by molar-refractivity contribution is 5.75. The zero-order chi connectivity index (χ0) is 9.12. The lowest BCUT2D eigenvalue weighted by Gasteiger charge is -2.23. The Hall–Kier alpha value is -0.185. The maximum Gasteiger partial charge on any atom is 0.0514 e. The molecule has 0 saturated carbocycles. The molecule has 0 atom stereocenters. The molecule has 0 N–H and O–H groups in total. The van der Waals surface area contributed by atoms with Crippen LogP contribution < -0.4 is 0 Å². The van der Waals surface area contributed by atoms with Gasteiger partial charge in [-0.2, -0.15) is 0 Å². The van der Waals surface area contributed by atoms with Gasteiger partial charge in [0.15, 0.2) is 0 Å². The number of rotatable bonds is 2. The monoisotopic (exact) mass is 229 g/mol. The first-order valence-corrected chi connectivity index (χ1v) is 4.28. The van der Waals surface area contributed by atoms with E-state index in [0.29, 0.717) is 10.8 Å². The van der Waals surface area contributed by atoms with Crippen molar-refractivity contribution in [3.8, 4) is 0 Å². The summed E-state index contributed by atoms with van der Waals surface area (Å²) in [5.74, 6) is 0. The Morgan fingerprint density at radius 2 is 0.867 bits per heavy atom. The molecular formula is C10H25BF3O. The van der Waals surface area contributed by atoms with Crippen LogP contribution in [-0.2, 0) is 4.74 Å². The van der Waals surface area contributed by atoms with Crippen molar-refractivity contribution >= 4 is 8.41 Å². The molecule has 0 spiro atoms. The molecule has 0 aliphatic heterocycles. The van der Waals surface area contributed by atoms with Gasteiger partial charge in [0, 0.05) is 8.41 Å². The fourth-order valence-corrected chi connectivity index (χ4v) is 0.663. The maximum absolute atomic E-state index is 5.56. The molecule has 3 radical (unpaired) electrons. The third-order valence-electron chi connectivity index (χ3n) is 1.07. The molecule has 0 bridgehead atoms. The molecule has 0 aliphatic carbocycles. The Kier molecular flexibility index (Phi) is 20.2. The van der Waals surface area contributed by atoms with E-state index in [-0.39, 0.29) is 22.5 Å². The average molecular weight is 229 g/mol. The van der Waals surface area contributed by atoms with Crippen molar-refractivity contribution in [1.29, 1.82) is 0 Å². The van der Waals surface area contributed by atoms with Crippen LogP contribution in [0.2, 0.25) is 0 Å². The molecule has 0 aliphatic rings. The molecule has 0 rings (SSSR count). The van der Waals surface area contributed by atoms with E-state index in [2.05, 4.69) is 41.5 Å². The van der Waals surface area contributed by atoms with Crippen LogP contribution in [0, 0.1) is 10.8 Å². The van der Waals surface area contributed by atoms with E-state index in [9.17, 15) is 0 Å². The summed E-state index contributed by atoms with van der Waals surface area (Å²) in [6, 6.07) is 0. The Morgan fingerprint density at radius 1 is 0.667 bits per heavy atom. The van der Waals surface area contributed by atoms with Crippen LogP contribution in [0.3, 0.4) is 0 Å². The van der Waals surface area contributed by atoms with Crippen LogP contribution in [0.4, 0.5) is 14.1 Å². The van der Waals surface area contributed by atoms with E-state index in [1.807, 2.05) is 0 Å². The third-order valence-corrected chi connectivity index (χ3v) is 1.07. The summed E-state index contributed by atoms with van der Waals surface area (Å²) in [4.78, 5) is 0. The first kappa shape index (κ1) is 29.4. The predicted molar refractivity (Wildman–Crippen MR) is 63.0 cm³/mol. The molecule has 0 heterocycles. The fraction of sp³-hybridized carbons (Fsp3) is 1.00. The highest BCUT2D eigenvalue weighted by Crippen LogP contribution is 2.17. The number of ether oxygens (including phenoxy) is 1. The second kappa shape index (κ2) is 10.3. The van der Waals surface area contributed by atoms with Crippen molar-refractivity contribution in [3.63, 3.8) is 0 Å². The summed E-state index contributed by atoms with van der Waals surface area (Å²) in [7, 11) is 0. The quantitative estimate of drug-likeness (QED) is 0.661. The second-order valence-corrected chi connectivity index (χ2v) is 5.61. The molecule has 0 unspecified atom stereocenters. The summed E-state index contributed by atoms with van der Waals surface area (Å²) in [5.41, 5.74) is 0.594. The maximum atomic E-state index is 5.56. The predicted octanol–water partition coefficient (Wildman–Crippen LogP) is 3.17. The van der Waals surface area contributed by atoms with Gasteiger partial charge in [0.2, 0.25) is 0 Å². The molecule has 0 saturated heterocycles. The van der Waals surface area contributed by atoms with Crippen molar-refractivity contribution in [3.05, 3.63) is 0 Å². The van der Waals surface area contributed by atoms with Crippen LogP contribution in [0.1, 0.15) is 41.5 Å². The van der Waals surface area contributed by atoms with E-state index in [4.69, 9.17) is 4.74 Å². The van der Waals surface area contributed by atoms with Crippen LogP contribution in [0.15, 0.2) is 0 Å². The highest BCUT2D eigenvalue weighted by Gasteiger charge is 2.14. The summed E-state index contributed by atoms with van der Waals surface area (Å²) >= 11 is 0. The van der Waals surface area contributed by atoms with E-state index in [1.165, 1.54) is 0 Å². The largest absolute Gasteiger partial charge is 0.380 e. The first-order chi connectivity index (χ1) is 4.71. The van der Waals surface area contributed by atoms with Crippen molar-refractivity contribution in [2.75, 3.05) is 13.2 Å². The van der Waals surface area contributed by atoms with Gasteiger partial charge >= 0.3 is 0 Å². The molecule has 1 nitrogen and oxygen atoms in total. The van der Waals surface area contributed by atoms with Gasteiger partial charge in [0.1, 0.15) is 0 Å². The van der Waals surface area contributed by atoms with Crippen molar-refractivity contribution < 1.29 is 18.9 Å². The van der Waals surface area contributed by atoms with Crippen LogP contribution in [0.25, 0.3) is 0 Å². The van der Waals surface area contributed by atoms with Crippen molar-refractivity contribution in [1.82, 2.24) is 0 Å². The lowest BCUT2D eigenvalue weighted by atomic mass is 9.97. The van der Waals surface area contributed by atoms with Gasteiger partial charge in [-0.15, -0.1) is 0 Å². The lowest BCUT2D eigenvalue weighted by Crippen LogP contribution is -2.21. The van der Waals surface area contributed by atoms with E-state index in [1.54, 1.807) is 0 Å². The third kappa shape index (κ3) is 31.6. The Balaban J connectivity index is -0.0000000833. The Morgan fingerprint density at radius 3 is 1.00 bits per heavy atom. The molecule has 95 valence electrons. The smallest absolute Gasteiger partial charge is 0.0514 e. The summed E-state index contributed by atoms with van der Waals surface area (Å²) in [6.07, 6.45) is 0. The minimum Gasteiger partial charge on any atom is -0.380 e. The standard InChI is InChI=1S/C10H22O.B.3FH/c1-9(2,3)7-11-8-10(4,5)6;;;;/h7-8H2,1-6H3;;3*1H. The Labute approximate surface area is 93.6 Å². The zero-order valence-electron chi connectivity index (χ0n) is 10.6. The minimum atomic E-state index is 0. The van der Waals surface area contributed by atoms with Gasteiger partial charge in [0.05, 0.1) is 13.2 Å². The lowest BCUT2D eigenvalue weighted by molar-refractivity contribution is 0.0275. The highest BCUT2D eigenvalue weighted by atomic mass is 19.0. The molecule has 0 aromatic heterocycles. The minimum absolute atomic E-state index is 0. The Bertz CT molecular complexity index is 105. The molecule has 5 heteroatoms. The topological polar surface area (TPSA) is 9.23 Å². The summed E-state index contributed by atoms with van der Waals surface area (Å²) < 4.78 is 5.56. The molecule has 15 heavy (non-hydrogen) atoms. The molecule has 0 fully saturated rings. The second-order valence-electron chi connectivity index (χ2n) is 5.61. The van der Waals surface area contributed by atoms with E-state index in [0.717, 1.165) is 13.2 Å². The molecule has 0 aromatic rings. The van der Waals surface area contributed by atoms with Gasteiger partial charge < -0.3 is 4.74 Å². The molecule has 0 aromatic carbocycles. The zero-order valence-corrected chi connectivity index (χ0v) is 10.6. The fourth-order valence-electron chi connectivity index (χ4n) is 0.663. The van der Waals surface area contributed by atoms with E-state index >= 15 is 0 Å².